The zero-order chi connectivity index (χ0) is 9.30. The Morgan fingerprint density at radius 2 is 2.17 bits per heavy atom. The van der Waals surface area contributed by atoms with E-state index < -0.39 is 5.82 Å². The van der Waals surface area contributed by atoms with Gasteiger partial charge >= 0.3 is 0 Å². The highest BCUT2D eigenvalue weighted by atomic mass is 127. The molecule has 4 heteroatoms. The van der Waals surface area contributed by atoms with Crippen molar-refractivity contribution in [3.8, 4) is 0 Å². The van der Waals surface area contributed by atoms with Crippen LogP contribution in [0.2, 0.25) is 0 Å². The molecule has 0 saturated carbocycles. The van der Waals surface area contributed by atoms with Crippen molar-refractivity contribution < 1.29 is 9.18 Å². The van der Waals surface area contributed by atoms with Crippen molar-refractivity contribution in [1.82, 2.24) is 0 Å². The number of nitrogen functional groups attached to an aromatic ring is 1. The Bertz CT molecular complexity index is 315. The first-order valence-corrected chi connectivity index (χ1v) is 4.35. The van der Waals surface area contributed by atoms with E-state index in [2.05, 4.69) is 0 Å². The van der Waals surface area contributed by atoms with Gasteiger partial charge in [-0.25, -0.2) is 4.39 Å². The minimum Gasteiger partial charge on any atom is -0.399 e. The minimum absolute atomic E-state index is 0.116. The Hall–Kier alpha value is -0.650. The monoisotopic (exact) mass is 279 g/mol. The molecular formula is C8H7FINO. The molecule has 0 heterocycles. The van der Waals surface area contributed by atoms with Crippen LogP contribution in [0.5, 0.6) is 0 Å². The lowest BCUT2D eigenvalue weighted by molar-refractivity contribution is 0.101. The molecule has 0 radical (unpaired) electrons. The average molecular weight is 279 g/mol. The van der Waals surface area contributed by atoms with Crippen molar-refractivity contribution in [1.29, 1.82) is 0 Å². The molecule has 0 aliphatic carbocycles. The molecule has 0 aliphatic heterocycles. The summed E-state index contributed by atoms with van der Waals surface area (Å²) in [5, 5.41) is 0. The summed E-state index contributed by atoms with van der Waals surface area (Å²) in [6.45, 7) is 1.33. The number of ketones is 1. The molecule has 12 heavy (non-hydrogen) atoms. The Labute approximate surface area is 83.1 Å². The molecule has 0 unspecified atom stereocenters. The lowest BCUT2D eigenvalue weighted by Crippen LogP contribution is -2.02. The van der Waals surface area contributed by atoms with Gasteiger partial charge in [-0.2, -0.15) is 0 Å². The van der Waals surface area contributed by atoms with Crippen LogP contribution >= 0.6 is 22.6 Å². The lowest BCUT2D eigenvalue weighted by Gasteiger charge is -2.02. The van der Waals surface area contributed by atoms with Crippen molar-refractivity contribution in [2.45, 2.75) is 6.92 Å². The molecule has 0 aliphatic rings. The number of Topliss-reactive ketones (excluding diaryl/α,β-unsaturated/α-hetero) is 1. The number of nitrogens with two attached hydrogens (primary N) is 1. The van der Waals surface area contributed by atoms with Gasteiger partial charge < -0.3 is 5.73 Å². The van der Waals surface area contributed by atoms with Gasteiger partial charge in [-0.3, -0.25) is 4.79 Å². The van der Waals surface area contributed by atoms with Gasteiger partial charge in [-0.15, -0.1) is 0 Å². The third-order valence-electron chi connectivity index (χ3n) is 1.42. The molecule has 1 aromatic rings. The van der Waals surface area contributed by atoms with E-state index in [4.69, 9.17) is 5.73 Å². The van der Waals surface area contributed by atoms with Gasteiger partial charge in [0.05, 0.1) is 5.56 Å². The Kier molecular flexibility index (Phi) is 2.66. The molecule has 0 saturated heterocycles. The molecule has 2 nitrogen and oxygen atoms in total. The van der Waals surface area contributed by atoms with Gasteiger partial charge in [0.15, 0.2) is 5.78 Å². The van der Waals surface area contributed by atoms with E-state index in [1.165, 1.54) is 6.92 Å². The average Bonchev–Trinajstić information content (AvgIpc) is 1.82. The fourth-order valence-corrected chi connectivity index (χ4v) is 1.93. The van der Waals surface area contributed by atoms with Gasteiger partial charge in [0.1, 0.15) is 5.82 Å². The third-order valence-corrected chi connectivity index (χ3v) is 2.27. The highest BCUT2D eigenvalue weighted by Crippen LogP contribution is 2.20. The van der Waals surface area contributed by atoms with E-state index in [-0.39, 0.29) is 11.3 Å². The van der Waals surface area contributed by atoms with Crippen molar-refractivity contribution in [3.63, 3.8) is 0 Å². The van der Waals surface area contributed by atoms with Crippen LogP contribution in [0.25, 0.3) is 0 Å². The maximum atomic E-state index is 13.1. The molecule has 0 amide bonds. The predicted octanol–water partition coefficient (Wildman–Crippen LogP) is 2.22. The summed E-state index contributed by atoms with van der Waals surface area (Å²) in [6, 6.07) is 2.72. The number of carbonyl (C=O) groups excluding carboxylic acids is 1. The van der Waals surface area contributed by atoms with Crippen LogP contribution in [-0.4, -0.2) is 5.78 Å². The van der Waals surface area contributed by atoms with Crippen LogP contribution in [0.15, 0.2) is 12.1 Å². The van der Waals surface area contributed by atoms with Gasteiger partial charge in [-0.1, -0.05) is 0 Å². The van der Waals surface area contributed by atoms with Crippen molar-refractivity contribution in [3.05, 3.63) is 27.1 Å². The minimum atomic E-state index is -0.549. The second-order valence-electron chi connectivity index (χ2n) is 2.42. The fourth-order valence-electron chi connectivity index (χ4n) is 0.929. The first-order chi connectivity index (χ1) is 5.52. The highest BCUT2D eigenvalue weighted by Gasteiger charge is 2.11. The van der Waals surface area contributed by atoms with Gasteiger partial charge in [0.2, 0.25) is 0 Å². The zero-order valence-electron chi connectivity index (χ0n) is 6.40. The topological polar surface area (TPSA) is 43.1 Å². The van der Waals surface area contributed by atoms with Crippen molar-refractivity contribution in [2.75, 3.05) is 5.73 Å². The van der Waals surface area contributed by atoms with Crippen LogP contribution in [0.3, 0.4) is 0 Å². The summed E-state index contributed by atoms with van der Waals surface area (Å²) >= 11 is 1.89. The van der Waals surface area contributed by atoms with E-state index in [1.54, 1.807) is 6.07 Å². The van der Waals surface area contributed by atoms with Crippen LogP contribution < -0.4 is 5.73 Å². The second-order valence-corrected chi connectivity index (χ2v) is 3.58. The molecule has 1 aromatic carbocycles. The zero-order valence-corrected chi connectivity index (χ0v) is 8.55. The summed E-state index contributed by atoms with van der Waals surface area (Å²) < 4.78 is 13.6. The van der Waals surface area contributed by atoms with Crippen molar-refractivity contribution in [2.24, 2.45) is 0 Å². The molecule has 0 aromatic heterocycles. The predicted molar refractivity (Wildman–Crippen MR) is 53.5 cm³/mol. The maximum Gasteiger partial charge on any atom is 0.163 e. The van der Waals surface area contributed by atoms with Crippen LogP contribution in [0.4, 0.5) is 10.1 Å². The van der Waals surface area contributed by atoms with Gasteiger partial charge in [-0.05, 0) is 41.6 Å². The van der Waals surface area contributed by atoms with Gasteiger partial charge in [0, 0.05) is 9.26 Å². The molecular weight excluding hydrogens is 272 g/mol. The Morgan fingerprint density at radius 1 is 1.58 bits per heavy atom. The van der Waals surface area contributed by atoms with E-state index in [0.717, 1.165) is 6.07 Å². The van der Waals surface area contributed by atoms with E-state index in [9.17, 15) is 9.18 Å². The first kappa shape index (κ1) is 9.44. The second kappa shape index (κ2) is 3.38. The molecule has 0 atom stereocenters. The standard InChI is InChI=1S/C8H7FINO/c1-4(12)8-6(9)2-5(11)3-7(8)10/h2-3H,11H2,1H3. The molecule has 0 bridgehead atoms. The first-order valence-electron chi connectivity index (χ1n) is 3.28. The Morgan fingerprint density at radius 3 is 2.58 bits per heavy atom. The van der Waals surface area contributed by atoms with Crippen LogP contribution in [-0.2, 0) is 0 Å². The summed E-state index contributed by atoms with van der Waals surface area (Å²) in [5.74, 6) is -0.830. The molecule has 64 valence electrons. The molecule has 0 spiro atoms. The normalized spacial score (nSPS) is 9.92. The number of anilines is 1. The third kappa shape index (κ3) is 1.74. The molecule has 1 rings (SSSR count). The van der Waals surface area contributed by atoms with Crippen LogP contribution in [0.1, 0.15) is 17.3 Å². The summed E-state index contributed by atoms with van der Waals surface area (Å²) in [4.78, 5) is 10.9. The number of carbonyl (C=O) groups is 1. The van der Waals surface area contributed by atoms with E-state index >= 15 is 0 Å². The number of halogens is 2. The van der Waals surface area contributed by atoms with Crippen molar-refractivity contribution >= 4 is 34.1 Å². The fraction of sp³-hybridized carbons (Fsp3) is 0.125. The van der Waals surface area contributed by atoms with E-state index in [1.807, 2.05) is 22.6 Å². The number of rotatable bonds is 1. The molecule has 0 fully saturated rings. The Balaban J connectivity index is 3.38. The van der Waals surface area contributed by atoms with E-state index in [0.29, 0.717) is 9.26 Å². The quantitative estimate of drug-likeness (QED) is 0.486. The smallest absolute Gasteiger partial charge is 0.163 e. The largest absolute Gasteiger partial charge is 0.399 e. The SMILES string of the molecule is CC(=O)c1c(F)cc(N)cc1I. The maximum absolute atomic E-state index is 13.1. The number of benzene rings is 1. The van der Waals surface area contributed by atoms with Gasteiger partial charge in [0.25, 0.3) is 0 Å². The molecule has 2 N–H and O–H groups in total. The summed E-state index contributed by atoms with van der Waals surface area (Å²) in [7, 11) is 0. The summed E-state index contributed by atoms with van der Waals surface area (Å²) in [5.41, 5.74) is 5.82. The highest BCUT2D eigenvalue weighted by molar-refractivity contribution is 14.1. The number of hydrogen-bond donors (Lipinski definition) is 1. The van der Waals surface area contributed by atoms with Crippen LogP contribution in [0, 0.1) is 9.39 Å². The summed E-state index contributed by atoms with van der Waals surface area (Å²) in [6.07, 6.45) is 0. The lowest BCUT2D eigenvalue weighted by atomic mass is 10.1. The number of hydrogen-bond acceptors (Lipinski definition) is 2.